The van der Waals surface area contributed by atoms with Crippen molar-refractivity contribution in [3.05, 3.63) is 99.3 Å². The van der Waals surface area contributed by atoms with Crippen LogP contribution in [0.4, 0.5) is 16.2 Å². The quantitative estimate of drug-likeness (QED) is 0.399. The molecule has 9 nitrogen and oxygen atoms in total. The number of carbonyl (C=O) groups excluding carboxylic acids is 1. The van der Waals surface area contributed by atoms with Crippen LogP contribution < -0.4 is 16.3 Å². The summed E-state index contributed by atoms with van der Waals surface area (Å²) < 4.78 is 1.08. The van der Waals surface area contributed by atoms with Crippen LogP contribution in [0.5, 0.6) is 0 Å². The lowest BCUT2D eigenvalue weighted by Crippen LogP contribution is -2.37. The highest BCUT2D eigenvalue weighted by atomic mass is 16.6. The smallest absolute Gasteiger partial charge is 0.307 e. The molecule has 0 saturated heterocycles. The summed E-state index contributed by atoms with van der Waals surface area (Å²) in [6.07, 6.45) is 0. The van der Waals surface area contributed by atoms with Crippen molar-refractivity contribution in [3.63, 3.8) is 0 Å². The van der Waals surface area contributed by atoms with E-state index in [-0.39, 0.29) is 11.5 Å². The van der Waals surface area contributed by atoms with E-state index < -0.39 is 16.5 Å². The highest BCUT2D eigenvalue weighted by Gasteiger charge is 2.15. The van der Waals surface area contributed by atoms with Gasteiger partial charge in [-0.3, -0.25) is 14.9 Å². The average Bonchev–Trinajstić information content (AvgIpc) is 2.76. The van der Waals surface area contributed by atoms with E-state index in [1.54, 1.807) is 48.5 Å². The molecule has 4 aromatic rings. The molecule has 0 unspecified atom stereocenters. The Morgan fingerprint density at radius 2 is 1.60 bits per heavy atom. The second-order valence-corrected chi connectivity index (χ2v) is 6.33. The molecule has 148 valence electrons. The normalized spacial score (nSPS) is 10.5. The number of nitrogens with zero attached hydrogens (tertiary/aromatic N) is 3. The van der Waals surface area contributed by atoms with Crippen LogP contribution in [-0.2, 0) is 0 Å². The Bertz CT molecular complexity index is 1300. The first-order valence-electron chi connectivity index (χ1n) is 8.92. The Labute approximate surface area is 169 Å². The van der Waals surface area contributed by atoms with Gasteiger partial charge in [0.05, 0.1) is 15.8 Å². The second kappa shape index (κ2) is 7.84. The monoisotopic (exact) mass is 401 g/mol. The van der Waals surface area contributed by atoms with Crippen molar-refractivity contribution in [2.75, 3.05) is 10.7 Å². The molecule has 4 rings (SSSR count). The minimum atomic E-state index is -0.694. The van der Waals surface area contributed by atoms with Gasteiger partial charge in [-0.1, -0.05) is 42.5 Å². The number of nitrogens with one attached hydrogen (secondary N) is 2. The number of rotatable bonds is 4. The van der Waals surface area contributed by atoms with Gasteiger partial charge in [0.1, 0.15) is 0 Å². The lowest BCUT2D eigenvalue weighted by atomic mass is 10.2. The number of benzene rings is 3. The van der Waals surface area contributed by atoms with E-state index >= 15 is 0 Å². The molecule has 0 radical (unpaired) electrons. The highest BCUT2D eigenvalue weighted by molar-refractivity contribution is 5.95. The van der Waals surface area contributed by atoms with Crippen LogP contribution in [0.15, 0.2) is 83.7 Å². The molecule has 0 aliphatic carbocycles. The van der Waals surface area contributed by atoms with E-state index in [4.69, 9.17) is 0 Å². The first-order valence-corrected chi connectivity index (χ1v) is 8.92. The number of hydrogen-bond donors (Lipinski definition) is 2. The van der Waals surface area contributed by atoms with Crippen molar-refractivity contribution < 1.29 is 9.72 Å². The maximum atomic E-state index is 13.0. The minimum Gasteiger partial charge on any atom is -0.307 e. The molecule has 0 bridgehead atoms. The summed E-state index contributed by atoms with van der Waals surface area (Å²) in [7, 11) is 0. The number of amides is 2. The zero-order chi connectivity index (χ0) is 21.1. The van der Waals surface area contributed by atoms with Crippen molar-refractivity contribution in [2.45, 2.75) is 0 Å². The Kier molecular flexibility index (Phi) is 4.92. The second-order valence-electron chi connectivity index (χ2n) is 6.33. The van der Waals surface area contributed by atoms with E-state index in [0.717, 1.165) is 4.68 Å². The number of hydrogen-bond acceptors (Lipinski definition) is 5. The summed E-state index contributed by atoms with van der Waals surface area (Å²) in [5.41, 5.74) is 3.48. The first-order chi connectivity index (χ1) is 14.5. The summed E-state index contributed by atoms with van der Waals surface area (Å²) in [5, 5.41) is 13.7. The zero-order valence-electron chi connectivity index (χ0n) is 15.5. The van der Waals surface area contributed by atoms with Gasteiger partial charge in [0.25, 0.3) is 11.2 Å². The topological polar surface area (TPSA) is 119 Å². The molecule has 2 N–H and O–H groups in total. The van der Waals surface area contributed by atoms with Crippen molar-refractivity contribution in [1.29, 1.82) is 0 Å². The molecule has 0 aliphatic rings. The lowest BCUT2D eigenvalue weighted by molar-refractivity contribution is -0.384. The van der Waals surface area contributed by atoms with Crippen LogP contribution >= 0.6 is 0 Å². The Morgan fingerprint density at radius 3 is 2.30 bits per heavy atom. The van der Waals surface area contributed by atoms with Crippen LogP contribution in [0, 0.1) is 10.1 Å². The van der Waals surface area contributed by atoms with Gasteiger partial charge in [-0.2, -0.15) is 4.68 Å². The summed E-state index contributed by atoms with van der Waals surface area (Å²) in [6, 6.07) is 20.5. The van der Waals surface area contributed by atoms with Crippen LogP contribution in [0.25, 0.3) is 22.3 Å². The van der Waals surface area contributed by atoms with Gasteiger partial charge in [-0.25, -0.2) is 15.2 Å². The fourth-order valence-electron chi connectivity index (χ4n) is 2.94. The molecule has 30 heavy (non-hydrogen) atoms. The van der Waals surface area contributed by atoms with Crippen LogP contribution in [0.3, 0.4) is 0 Å². The number of carbonyl (C=O) groups is 1. The van der Waals surface area contributed by atoms with Gasteiger partial charge in [0.15, 0.2) is 5.82 Å². The molecule has 1 aromatic heterocycles. The van der Waals surface area contributed by atoms with Crippen molar-refractivity contribution >= 4 is 28.3 Å². The minimum absolute atomic E-state index is 0.0951. The van der Waals surface area contributed by atoms with Crippen LogP contribution in [0.2, 0.25) is 0 Å². The molecule has 1 heterocycles. The maximum absolute atomic E-state index is 13.0. The van der Waals surface area contributed by atoms with Gasteiger partial charge in [-0.15, -0.1) is 0 Å². The zero-order valence-corrected chi connectivity index (χ0v) is 15.5. The molecule has 0 spiro atoms. The van der Waals surface area contributed by atoms with Gasteiger partial charge in [0.2, 0.25) is 0 Å². The standard InChI is InChI=1S/C21H15N5O4/c27-20-17-8-4-5-9-18(17)23-19(14-6-2-1-3-7-14)25(20)24-21(28)22-15-10-12-16(13-11-15)26(29)30/h1-13H,(H2,22,24,28). The molecule has 0 atom stereocenters. The van der Waals surface area contributed by atoms with Gasteiger partial charge < -0.3 is 5.32 Å². The van der Waals surface area contributed by atoms with E-state index in [0.29, 0.717) is 22.2 Å². The molecular formula is C21H15N5O4. The average molecular weight is 401 g/mol. The number of anilines is 1. The van der Waals surface area contributed by atoms with Crippen LogP contribution in [0.1, 0.15) is 0 Å². The summed E-state index contributed by atoms with van der Waals surface area (Å²) in [6.45, 7) is 0. The van der Waals surface area contributed by atoms with Crippen LogP contribution in [-0.4, -0.2) is 20.6 Å². The number of urea groups is 1. The first kappa shape index (κ1) is 18.8. The highest BCUT2D eigenvalue weighted by Crippen LogP contribution is 2.18. The number of aromatic nitrogens is 2. The van der Waals surface area contributed by atoms with E-state index in [1.165, 1.54) is 24.3 Å². The number of fused-ring (bicyclic) bond motifs is 1. The molecule has 0 saturated carbocycles. The van der Waals surface area contributed by atoms with Crippen molar-refractivity contribution in [1.82, 2.24) is 9.66 Å². The maximum Gasteiger partial charge on any atom is 0.338 e. The summed E-state index contributed by atoms with van der Waals surface area (Å²) >= 11 is 0. The summed E-state index contributed by atoms with van der Waals surface area (Å²) in [5.74, 6) is 0.276. The lowest BCUT2D eigenvalue weighted by Gasteiger charge is -2.15. The SMILES string of the molecule is O=C(Nc1ccc([N+](=O)[O-])cc1)Nn1c(-c2ccccc2)nc2ccccc2c1=O. The van der Waals surface area contributed by atoms with Gasteiger partial charge in [0, 0.05) is 23.4 Å². The number of non-ortho nitro benzene ring substituents is 1. The Hall–Kier alpha value is -4.53. The van der Waals surface area contributed by atoms with E-state index in [9.17, 15) is 19.7 Å². The number of nitro benzene ring substituents is 1. The Morgan fingerprint density at radius 1 is 0.933 bits per heavy atom. The predicted octanol–water partition coefficient (Wildman–Crippen LogP) is 3.75. The van der Waals surface area contributed by atoms with Gasteiger partial charge >= 0.3 is 6.03 Å². The third kappa shape index (κ3) is 3.72. The Balaban J connectivity index is 1.70. The molecule has 2 amide bonds. The van der Waals surface area contributed by atoms with Crippen molar-refractivity contribution in [2.24, 2.45) is 0 Å². The van der Waals surface area contributed by atoms with Crippen molar-refractivity contribution in [3.8, 4) is 11.4 Å². The third-order valence-corrected chi connectivity index (χ3v) is 4.36. The fraction of sp³-hybridized carbons (Fsp3) is 0. The third-order valence-electron chi connectivity index (χ3n) is 4.36. The molecule has 0 aliphatic heterocycles. The van der Waals surface area contributed by atoms with Gasteiger partial charge in [-0.05, 0) is 24.3 Å². The summed E-state index contributed by atoms with van der Waals surface area (Å²) in [4.78, 5) is 40.3. The fourth-order valence-corrected chi connectivity index (χ4v) is 2.94. The number of para-hydroxylation sites is 1. The van der Waals surface area contributed by atoms with E-state index in [2.05, 4.69) is 15.7 Å². The number of nitro groups is 1. The molecule has 9 heteroatoms. The molecule has 3 aromatic carbocycles. The van der Waals surface area contributed by atoms with E-state index in [1.807, 2.05) is 6.07 Å². The molecule has 0 fully saturated rings. The predicted molar refractivity (Wildman–Crippen MR) is 113 cm³/mol. The largest absolute Gasteiger partial charge is 0.338 e. The molecular weight excluding hydrogens is 386 g/mol.